The van der Waals surface area contributed by atoms with Crippen molar-refractivity contribution in [3.63, 3.8) is 0 Å². The van der Waals surface area contributed by atoms with E-state index in [0.29, 0.717) is 19.0 Å². The number of hydrogen-bond acceptors (Lipinski definition) is 4. The zero-order valence-corrected chi connectivity index (χ0v) is 15.8. The van der Waals surface area contributed by atoms with Gasteiger partial charge in [0.25, 0.3) is 0 Å². The van der Waals surface area contributed by atoms with Gasteiger partial charge in [-0.2, -0.15) is 0 Å². The predicted molar refractivity (Wildman–Crippen MR) is 100 cm³/mol. The lowest BCUT2D eigenvalue weighted by molar-refractivity contribution is 0.194. The van der Waals surface area contributed by atoms with Gasteiger partial charge in [-0.1, -0.05) is 28.1 Å². The summed E-state index contributed by atoms with van der Waals surface area (Å²) in [4.78, 5) is 8.35. The van der Waals surface area contributed by atoms with Gasteiger partial charge < -0.3 is 9.84 Å². The molecule has 0 fully saturated rings. The average Bonchev–Trinajstić information content (AvgIpc) is 2.57. The van der Waals surface area contributed by atoms with Gasteiger partial charge in [0.15, 0.2) is 5.82 Å². The van der Waals surface area contributed by atoms with Gasteiger partial charge in [0.2, 0.25) is 0 Å². The van der Waals surface area contributed by atoms with E-state index in [1.165, 1.54) is 0 Å². The summed E-state index contributed by atoms with van der Waals surface area (Å²) in [5, 5.41) is 9.19. The third-order valence-electron chi connectivity index (χ3n) is 2.58. The molecule has 23 heavy (non-hydrogen) atoms. The number of nitrogens with zero attached hydrogens (tertiary/aromatic N) is 2. The van der Waals surface area contributed by atoms with Crippen molar-refractivity contribution in [3.8, 4) is 11.4 Å². The minimum atomic E-state index is -0.0201. The third kappa shape index (κ3) is 6.74. The first-order valence-electron chi connectivity index (χ1n) is 6.79. The highest BCUT2D eigenvalue weighted by atomic mass is 79.9. The monoisotopic (exact) mass is 440 g/mol. The summed E-state index contributed by atoms with van der Waals surface area (Å²) in [5.41, 5.74) is 1.68. The van der Waals surface area contributed by atoms with Crippen LogP contribution in [0.1, 0.15) is 5.56 Å². The van der Waals surface area contributed by atoms with Crippen LogP contribution >= 0.6 is 31.9 Å². The normalized spacial score (nSPS) is 9.70. The van der Waals surface area contributed by atoms with Crippen molar-refractivity contribution in [2.24, 2.45) is 0 Å². The summed E-state index contributed by atoms with van der Waals surface area (Å²) in [6.45, 7) is 8.16. The second kappa shape index (κ2) is 11.2. The van der Waals surface area contributed by atoms with Crippen LogP contribution in [0.15, 0.2) is 64.8 Å². The second-order valence-electron chi connectivity index (χ2n) is 4.27. The molecule has 1 aromatic heterocycles. The Balaban J connectivity index is 0.000000322. The number of aliphatic hydroxyl groups excluding tert-OH is 1. The van der Waals surface area contributed by atoms with E-state index in [9.17, 15) is 5.11 Å². The fraction of sp³-hybridized carbons (Fsp3) is 0.176. The van der Waals surface area contributed by atoms with Crippen LogP contribution in [0.5, 0.6) is 0 Å². The van der Waals surface area contributed by atoms with Gasteiger partial charge in [-0.15, -0.1) is 13.2 Å². The van der Waals surface area contributed by atoms with Gasteiger partial charge >= 0.3 is 0 Å². The molecule has 0 radical (unpaired) electrons. The minimum absolute atomic E-state index is 0.0201. The van der Waals surface area contributed by atoms with E-state index in [4.69, 9.17) is 4.74 Å². The highest BCUT2D eigenvalue weighted by molar-refractivity contribution is 9.11. The van der Waals surface area contributed by atoms with Gasteiger partial charge in [0.1, 0.15) is 0 Å². The van der Waals surface area contributed by atoms with Crippen LogP contribution in [-0.2, 0) is 11.3 Å². The molecule has 0 atom stereocenters. The first-order chi connectivity index (χ1) is 11.1. The van der Waals surface area contributed by atoms with Crippen molar-refractivity contribution in [2.75, 3.05) is 13.2 Å². The van der Waals surface area contributed by atoms with E-state index in [0.717, 1.165) is 20.1 Å². The molecule has 0 aliphatic carbocycles. The van der Waals surface area contributed by atoms with Crippen LogP contribution in [0.4, 0.5) is 0 Å². The maximum Gasteiger partial charge on any atom is 0.160 e. The zero-order valence-electron chi connectivity index (χ0n) is 12.6. The molecule has 4 nitrogen and oxygen atoms in total. The van der Waals surface area contributed by atoms with E-state index < -0.39 is 0 Å². The molecule has 0 bridgehead atoms. The molecule has 0 amide bonds. The van der Waals surface area contributed by atoms with Crippen LogP contribution in [-0.4, -0.2) is 28.3 Å². The van der Waals surface area contributed by atoms with Crippen molar-refractivity contribution < 1.29 is 9.84 Å². The zero-order chi connectivity index (χ0) is 17.1. The van der Waals surface area contributed by atoms with Gasteiger partial charge in [-0.05, 0) is 39.7 Å². The van der Waals surface area contributed by atoms with Gasteiger partial charge in [-0.3, -0.25) is 0 Å². The molecule has 0 saturated carbocycles. The highest BCUT2D eigenvalue weighted by Crippen LogP contribution is 2.31. The number of halogens is 2. The van der Waals surface area contributed by atoms with Crippen LogP contribution in [0.3, 0.4) is 0 Å². The van der Waals surface area contributed by atoms with E-state index in [1.54, 1.807) is 30.6 Å². The smallest absolute Gasteiger partial charge is 0.160 e. The van der Waals surface area contributed by atoms with Crippen LogP contribution in [0, 0.1) is 0 Å². The Bertz CT molecular complexity index is 626. The third-order valence-corrected chi connectivity index (χ3v) is 3.98. The maximum atomic E-state index is 9.19. The Hall–Kier alpha value is -1.34. The lowest BCUT2D eigenvalue weighted by Gasteiger charge is -2.07. The van der Waals surface area contributed by atoms with Crippen molar-refractivity contribution in [3.05, 3.63) is 70.4 Å². The summed E-state index contributed by atoms with van der Waals surface area (Å²) >= 11 is 6.84. The standard InChI is InChI=1S/C11H8Br2N2O.C6H10O/c12-9-5-10(13)8(4-7(9)6-16)11-14-2-1-3-15-11;1-3-5-7-6-4-2/h1-5,16H,6H2;3-4H,1-2,5-6H2. The average molecular weight is 442 g/mol. The lowest BCUT2D eigenvalue weighted by atomic mass is 10.1. The molecule has 1 N–H and O–H groups in total. The molecule has 0 aliphatic heterocycles. The SMILES string of the molecule is C=CCOCC=C.OCc1cc(-c2ncccn2)c(Br)cc1Br. The van der Waals surface area contributed by atoms with Crippen molar-refractivity contribution in [1.82, 2.24) is 9.97 Å². The number of hydrogen-bond donors (Lipinski definition) is 1. The number of benzene rings is 1. The lowest BCUT2D eigenvalue weighted by Crippen LogP contribution is -1.92. The Kier molecular flexibility index (Phi) is 9.63. The maximum absolute atomic E-state index is 9.19. The molecule has 122 valence electrons. The highest BCUT2D eigenvalue weighted by Gasteiger charge is 2.09. The van der Waals surface area contributed by atoms with E-state index >= 15 is 0 Å². The summed E-state index contributed by atoms with van der Waals surface area (Å²) in [6, 6.07) is 5.52. The fourth-order valence-corrected chi connectivity index (χ4v) is 2.86. The van der Waals surface area contributed by atoms with E-state index in [2.05, 4.69) is 55.0 Å². The van der Waals surface area contributed by atoms with E-state index in [-0.39, 0.29) is 6.61 Å². The van der Waals surface area contributed by atoms with Gasteiger partial charge in [0.05, 0.1) is 19.8 Å². The van der Waals surface area contributed by atoms with Gasteiger partial charge in [0, 0.05) is 26.9 Å². The molecule has 0 saturated heterocycles. The summed E-state index contributed by atoms with van der Waals surface area (Å²) in [7, 11) is 0. The molecule has 0 unspecified atom stereocenters. The minimum Gasteiger partial charge on any atom is -0.392 e. The Morgan fingerprint density at radius 1 is 1.04 bits per heavy atom. The molecule has 0 spiro atoms. The molecule has 2 aromatic rings. The van der Waals surface area contributed by atoms with Crippen LogP contribution in [0.25, 0.3) is 11.4 Å². The van der Waals surface area contributed by atoms with Crippen LogP contribution in [0.2, 0.25) is 0 Å². The summed E-state index contributed by atoms with van der Waals surface area (Å²) in [6.07, 6.45) is 6.80. The first kappa shape index (κ1) is 19.7. The quantitative estimate of drug-likeness (QED) is 0.528. The second-order valence-corrected chi connectivity index (χ2v) is 5.98. The molecule has 1 aromatic carbocycles. The molecule has 1 heterocycles. The van der Waals surface area contributed by atoms with Crippen LogP contribution < -0.4 is 0 Å². The molecular weight excluding hydrogens is 424 g/mol. The Labute approximate surface area is 153 Å². The number of aromatic nitrogens is 2. The van der Waals surface area contributed by atoms with Crippen molar-refractivity contribution in [2.45, 2.75) is 6.61 Å². The molecule has 2 rings (SSSR count). The fourth-order valence-electron chi connectivity index (χ4n) is 1.56. The number of rotatable bonds is 6. The largest absolute Gasteiger partial charge is 0.392 e. The van der Waals surface area contributed by atoms with E-state index in [1.807, 2.05) is 12.1 Å². The number of aliphatic hydroxyl groups is 1. The van der Waals surface area contributed by atoms with Crippen molar-refractivity contribution >= 4 is 31.9 Å². The molecule has 0 aliphatic rings. The Morgan fingerprint density at radius 2 is 1.65 bits per heavy atom. The molecule has 6 heteroatoms. The Morgan fingerprint density at radius 3 is 2.17 bits per heavy atom. The first-order valence-corrected chi connectivity index (χ1v) is 8.38. The molecular formula is C17H18Br2N2O2. The topological polar surface area (TPSA) is 55.2 Å². The summed E-state index contributed by atoms with van der Waals surface area (Å²) < 4.78 is 6.65. The van der Waals surface area contributed by atoms with Gasteiger partial charge in [-0.25, -0.2) is 9.97 Å². The number of ether oxygens (including phenoxy) is 1. The van der Waals surface area contributed by atoms with Crippen molar-refractivity contribution in [1.29, 1.82) is 0 Å². The summed E-state index contributed by atoms with van der Waals surface area (Å²) in [5.74, 6) is 0.636. The predicted octanol–water partition coefficient (Wildman–Crippen LogP) is 4.54.